The number of carbonyl (C=O) groups excluding carboxylic acids is 1. The van der Waals surface area contributed by atoms with Crippen LogP contribution in [0.25, 0.3) is 0 Å². The highest BCUT2D eigenvalue weighted by atomic mass is 79.9. The van der Waals surface area contributed by atoms with Crippen LogP contribution in [-0.2, 0) is 11.3 Å². The second kappa shape index (κ2) is 8.63. The van der Waals surface area contributed by atoms with Gasteiger partial charge in [0.2, 0.25) is 5.91 Å². The lowest BCUT2D eigenvalue weighted by Gasteiger charge is -2.19. The number of nitrogens with zero attached hydrogens (tertiary/aromatic N) is 1. The third-order valence-corrected chi connectivity index (χ3v) is 4.64. The molecule has 1 amide bonds. The maximum atomic E-state index is 12.4. The first-order chi connectivity index (χ1) is 12.6. The number of carbonyl (C=O) groups is 1. The summed E-state index contributed by atoms with van der Waals surface area (Å²) in [6.45, 7) is 0.462. The highest BCUT2D eigenvalue weighted by molar-refractivity contribution is 9.10. The van der Waals surface area contributed by atoms with E-state index in [9.17, 15) is 9.59 Å². The molecular weight excluding hydrogens is 392 g/mol. The van der Waals surface area contributed by atoms with Crippen molar-refractivity contribution in [1.29, 1.82) is 0 Å². The number of halogens is 1. The zero-order chi connectivity index (χ0) is 18.4. The van der Waals surface area contributed by atoms with Crippen LogP contribution < -0.4 is 10.9 Å². The summed E-state index contributed by atoms with van der Waals surface area (Å²) in [5, 5.41) is 2.96. The summed E-state index contributed by atoms with van der Waals surface area (Å²) in [5.41, 5.74) is 2.07. The van der Waals surface area contributed by atoms with Gasteiger partial charge in [0.05, 0.1) is 0 Å². The first kappa shape index (κ1) is 18.1. The molecule has 3 aromatic rings. The van der Waals surface area contributed by atoms with Gasteiger partial charge in [-0.3, -0.25) is 9.59 Å². The molecule has 0 aliphatic carbocycles. The normalized spacial score (nSPS) is 10.7. The minimum absolute atomic E-state index is 0.00538. The molecule has 132 valence electrons. The van der Waals surface area contributed by atoms with Crippen LogP contribution in [0.4, 0.5) is 0 Å². The number of hydrogen-bond donors (Lipinski definition) is 1. The number of pyridine rings is 1. The highest BCUT2D eigenvalue weighted by Crippen LogP contribution is 2.23. The van der Waals surface area contributed by atoms with Crippen molar-refractivity contribution < 1.29 is 4.79 Å². The molecule has 26 heavy (non-hydrogen) atoms. The molecule has 1 aromatic heterocycles. The molecule has 1 N–H and O–H groups in total. The molecule has 0 aliphatic heterocycles. The maximum Gasteiger partial charge on any atom is 0.251 e. The van der Waals surface area contributed by atoms with E-state index in [1.54, 1.807) is 12.3 Å². The van der Waals surface area contributed by atoms with Crippen LogP contribution >= 0.6 is 15.9 Å². The van der Waals surface area contributed by atoms with E-state index in [4.69, 9.17) is 0 Å². The fourth-order valence-corrected chi connectivity index (χ4v) is 3.23. The lowest BCUT2D eigenvalue weighted by atomic mass is 9.91. The number of nitrogens with one attached hydrogen (secondary N) is 1. The predicted octanol–water partition coefficient (Wildman–Crippen LogP) is 3.56. The van der Waals surface area contributed by atoms with Crippen molar-refractivity contribution >= 4 is 21.8 Å². The Bertz CT molecular complexity index is 884. The molecule has 0 atom stereocenters. The summed E-state index contributed by atoms with van der Waals surface area (Å²) >= 11 is 3.32. The Morgan fingerprint density at radius 2 is 1.50 bits per heavy atom. The fraction of sp³-hybridized carbons (Fsp3) is 0.143. The third-order valence-electron chi connectivity index (χ3n) is 4.17. The molecule has 3 rings (SSSR count). The second-order valence-electron chi connectivity index (χ2n) is 5.99. The van der Waals surface area contributed by atoms with Crippen molar-refractivity contribution in [3.8, 4) is 0 Å². The lowest BCUT2D eigenvalue weighted by Crippen LogP contribution is -2.34. The minimum atomic E-state index is -0.203. The third kappa shape index (κ3) is 4.70. The van der Waals surface area contributed by atoms with Gasteiger partial charge in [0.25, 0.3) is 5.56 Å². The van der Waals surface area contributed by atoms with Crippen molar-refractivity contribution in [2.45, 2.75) is 12.5 Å². The van der Waals surface area contributed by atoms with E-state index in [0.717, 1.165) is 15.6 Å². The predicted molar refractivity (Wildman–Crippen MR) is 106 cm³/mol. The first-order valence-electron chi connectivity index (χ1n) is 8.36. The maximum absolute atomic E-state index is 12.4. The Hall–Kier alpha value is -2.66. The van der Waals surface area contributed by atoms with Crippen LogP contribution in [0.2, 0.25) is 0 Å². The Labute approximate surface area is 160 Å². The fourth-order valence-electron chi connectivity index (χ4n) is 2.85. The molecule has 4 nitrogen and oxygen atoms in total. The summed E-state index contributed by atoms with van der Waals surface area (Å²) in [5.74, 6) is -0.136. The van der Waals surface area contributed by atoms with Gasteiger partial charge in [-0.15, -0.1) is 0 Å². The van der Waals surface area contributed by atoms with Crippen molar-refractivity contribution in [2.75, 3.05) is 6.54 Å². The topological polar surface area (TPSA) is 51.1 Å². The molecule has 0 saturated carbocycles. The summed E-state index contributed by atoms with van der Waals surface area (Å²) in [4.78, 5) is 24.2. The van der Waals surface area contributed by atoms with Gasteiger partial charge in [0.15, 0.2) is 0 Å². The first-order valence-corrected chi connectivity index (χ1v) is 9.15. The Morgan fingerprint density at radius 1 is 0.923 bits per heavy atom. The number of hydrogen-bond acceptors (Lipinski definition) is 2. The van der Waals surface area contributed by atoms with E-state index >= 15 is 0 Å². The van der Waals surface area contributed by atoms with Gasteiger partial charge in [-0.1, -0.05) is 60.7 Å². The lowest BCUT2D eigenvalue weighted by molar-refractivity contribution is -0.121. The average molecular weight is 411 g/mol. The molecule has 0 fully saturated rings. The number of amides is 1. The van der Waals surface area contributed by atoms with Gasteiger partial charge in [-0.2, -0.15) is 0 Å². The van der Waals surface area contributed by atoms with Crippen molar-refractivity contribution in [1.82, 2.24) is 9.88 Å². The van der Waals surface area contributed by atoms with E-state index in [0.29, 0.717) is 6.54 Å². The van der Waals surface area contributed by atoms with Gasteiger partial charge < -0.3 is 9.88 Å². The van der Waals surface area contributed by atoms with Crippen molar-refractivity contribution in [3.63, 3.8) is 0 Å². The van der Waals surface area contributed by atoms with Crippen LogP contribution in [0.15, 0.2) is 88.3 Å². The molecule has 0 spiro atoms. The second-order valence-corrected chi connectivity index (χ2v) is 6.91. The van der Waals surface area contributed by atoms with Crippen LogP contribution in [0, 0.1) is 0 Å². The largest absolute Gasteiger partial charge is 0.354 e. The van der Waals surface area contributed by atoms with Crippen LogP contribution in [0.1, 0.15) is 17.0 Å². The Kier molecular flexibility index (Phi) is 6.02. The van der Waals surface area contributed by atoms with Crippen LogP contribution in [0.3, 0.4) is 0 Å². The SMILES string of the molecule is O=C(Cn1cc(Br)ccc1=O)NCC(c1ccccc1)c1ccccc1. The highest BCUT2D eigenvalue weighted by Gasteiger charge is 2.15. The number of benzene rings is 2. The standard InChI is InChI=1S/C21H19BrN2O2/c22-18-11-12-21(26)24(14-18)15-20(25)23-13-19(16-7-3-1-4-8-16)17-9-5-2-6-10-17/h1-12,14,19H,13,15H2,(H,23,25). The van der Waals surface area contributed by atoms with Gasteiger partial charge >= 0.3 is 0 Å². The zero-order valence-corrected chi connectivity index (χ0v) is 15.7. The van der Waals surface area contributed by atoms with E-state index < -0.39 is 0 Å². The molecule has 1 heterocycles. The Morgan fingerprint density at radius 3 is 2.08 bits per heavy atom. The van der Waals surface area contributed by atoms with Crippen LogP contribution in [0.5, 0.6) is 0 Å². The quantitative estimate of drug-likeness (QED) is 0.675. The molecule has 0 unspecified atom stereocenters. The van der Waals surface area contributed by atoms with Crippen molar-refractivity contribution in [2.24, 2.45) is 0 Å². The van der Waals surface area contributed by atoms with E-state index in [-0.39, 0.29) is 23.9 Å². The van der Waals surface area contributed by atoms with Gasteiger partial charge in [-0.05, 0) is 33.1 Å². The Balaban J connectivity index is 1.73. The molecule has 0 aliphatic rings. The average Bonchev–Trinajstić information content (AvgIpc) is 2.67. The molecule has 5 heteroatoms. The van der Waals surface area contributed by atoms with Crippen LogP contribution in [-0.4, -0.2) is 17.0 Å². The molecular formula is C21H19BrN2O2. The summed E-state index contributed by atoms with van der Waals surface area (Å²) in [6, 6.07) is 23.3. The monoisotopic (exact) mass is 410 g/mol. The molecule has 0 saturated heterocycles. The minimum Gasteiger partial charge on any atom is -0.354 e. The number of rotatable bonds is 6. The van der Waals surface area contributed by atoms with E-state index in [1.807, 2.05) is 36.4 Å². The van der Waals surface area contributed by atoms with E-state index in [1.165, 1.54) is 10.6 Å². The molecule has 0 bridgehead atoms. The van der Waals surface area contributed by atoms with Gasteiger partial charge in [-0.25, -0.2) is 0 Å². The molecule has 0 radical (unpaired) electrons. The number of aromatic nitrogens is 1. The van der Waals surface area contributed by atoms with Gasteiger partial charge in [0, 0.05) is 29.2 Å². The molecule has 2 aromatic carbocycles. The van der Waals surface area contributed by atoms with Gasteiger partial charge in [0.1, 0.15) is 6.54 Å². The zero-order valence-electron chi connectivity index (χ0n) is 14.1. The summed E-state index contributed by atoms with van der Waals surface area (Å²) < 4.78 is 2.15. The summed E-state index contributed by atoms with van der Waals surface area (Å²) in [6.07, 6.45) is 1.62. The van der Waals surface area contributed by atoms with E-state index in [2.05, 4.69) is 45.5 Å². The smallest absolute Gasteiger partial charge is 0.251 e. The summed E-state index contributed by atoms with van der Waals surface area (Å²) in [7, 11) is 0. The van der Waals surface area contributed by atoms with Crippen molar-refractivity contribution in [3.05, 3.63) is 105 Å².